The molecule has 0 unspecified atom stereocenters. The molecule has 0 aliphatic rings. The van der Waals surface area contributed by atoms with Crippen molar-refractivity contribution < 1.29 is 9.90 Å². The van der Waals surface area contributed by atoms with Gasteiger partial charge in [0.2, 0.25) is 0 Å². The lowest BCUT2D eigenvalue weighted by atomic mass is 10.2. The number of thiazole rings is 1. The van der Waals surface area contributed by atoms with E-state index < -0.39 is 5.97 Å². The molecule has 0 saturated carbocycles. The number of rotatable bonds is 2. The fourth-order valence-electron chi connectivity index (χ4n) is 1.81. The van der Waals surface area contributed by atoms with Crippen molar-refractivity contribution in [1.29, 1.82) is 0 Å². The summed E-state index contributed by atoms with van der Waals surface area (Å²) in [6.45, 7) is 1.70. The molecule has 7 heteroatoms. The van der Waals surface area contributed by atoms with Gasteiger partial charge in [-0.1, -0.05) is 0 Å². The Bertz CT molecular complexity index is 695. The van der Waals surface area contributed by atoms with Crippen molar-refractivity contribution in [2.45, 2.75) is 6.92 Å². The summed E-state index contributed by atoms with van der Waals surface area (Å²) in [6.07, 6.45) is 3.38. The van der Waals surface area contributed by atoms with Crippen molar-refractivity contribution in [3.8, 4) is 11.3 Å². The largest absolute Gasteiger partial charge is 0.477 e. The maximum atomic E-state index is 11.2. The number of aromatic carboxylic acids is 1. The van der Waals surface area contributed by atoms with Crippen LogP contribution in [0.4, 0.5) is 0 Å². The number of aromatic nitrogens is 4. The van der Waals surface area contributed by atoms with Crippen LogP contribution < -0.4 is 0 Å². The molecule has 0 aromatic carbocycles. The number of carboxylic acid groups (broad SMARTS) is 1. The van der Waals surface area contributed by atoms with Crippen LogP contribution in [0.25, 0.3) is 16.2 Å². The van der Waals surface area contributed by atoms with Crippen molar-refractivity contribution in [1.82, 2.24) is 19.6 Å². The summed E-state index contributed by atoms with van der Waals surface area (Å²) in [5, 5.41) is 17.7. The average molecular weight is 248 g/mol. The van der Waals surface area contributed by atoms with E-state index in [1.165, 1.54) is 11.3 Å². The first-order valence-electron chi connectivity index (χ1n) is 4.87. The molecular formula is C10H8N4O2S. The minimum atomic E-state index is -0.974. The van der Waals surface area contributed by atoms with Gasteiger partial charge in [0, 0.05) is 17.1 Å². The van der Waals surface area contributed by atoms with Gasteiger partial charge in [0.15, 0.2) is 10.7 Å². The number of nitrogens with one attached hydrogen (secondary N) is 1. The third-order valence-corrected chi connectivity index (χ3v) is 3.36. The third kappa shape index (κ3) is 1.36. The Morgan fingerprint density at radius 1 is 1.59 bits per heavy atom. The molecule has 3 aromatic rings. The van der Waals surface area contributed by atoms with E-state index in [4.69, 9.17) is 0 Å². The topological polar surface area (TPSA) is 83.3 Å². The minimum absolute atomic E-state index is 0.206. The Labute approximate surface area is 99.5 Å². The Hall–Kier alpha value is -2.15. The number of carbonyl (C=O) groups is 1. The van der Waals surface area contributed by atoms with Crippen molar-refractivity contribution in [3.05, 3.63) is 29.2 Å². The fourth-order valence-corrected chi connectivity index (χ4v) is 2.75. The predicted octanol–water partition coefficient (Wildman–Crippen LogP) is 1.79. The predicted molar refractivity (Wildman–Crippen MR) is 62.3 cm³/mol. The third-order valence-electron chi connectivity index (χ3n) is 2.53. The molecule has 17 heavy (non-hydrogen) atoms. The summed E-state index contributed by atoms with van der Waals surface area (Å²) in [6, 6.07) is 0. The van der Waals surface area contributed by atoms with Gasteiger partial charge in [0.05, 0.1) is 17.6 Å². The van der Waals surface area contributed by atoms with Gasteiger partial charge in [-0.2, -0.15) is 5.10 Å². The minimum Gasteiger partial charge on any atom is -0.477 e. The summed E-state index contributed by atoms with van der Waals surface area (Å²) >= 11 is 1.41. The van der Waals surface area contributed by atoms with Gasteiger partial charge >= 0.3 is 5.97 Å². The molecule has 0 saturated heterocycles. The molecule has 0 spiro atoms. The van der Waals surface area contributed by atoms with Gasteiger partial charge < -0.3 is 5.11 Å². The van der Waals surface area contributed by atoms with Crippen molar-refractivity contribution in [2.24, 2.45) is 0 Å². The molecule has 0 atom stereocenters. The fraction of sp³-hybridized carbons (Fsp3) is 0.100. The second-order valence-corrected chi connectivity index (χ2v) is 4.41. The van der Waals surface area contributed by atoms with Crippen molar-refractivity contribution >= 4 is 22.3 Å². The number of H-pyrrole nitrogens is 1. The Kier molecular flexibility index (Phi) is 2.02. The first-order chi connectivity index (χ1) is 8.18. The Morgan fingerprint density at radius 2 is 2.41 bits per heavy atom. The van der Waals surface area contributed by atoms with Crippen LogP contribution >= 0.6 is 11.3 Å². The van der Waals surface area contributed by atoms with E-state index in [-0.39, 0.29) is 5.69 Å². The lowest BCUT2D eigenvalue weighted by Crippen LogP contribution is -2.03. The highest BCUT2D eigenvalue weighted by atomic mass is 32.1. The van der Waals surface area contributed by atoms with Crippen molar-refractivity contribution in [2.75, 3.05) is 0 Å². The lowest BCUT2D eigenvalue weighted by molar-refractivity contribution is 0.0688. The number of nitrogens with zero attached hydrogens (tertiary/aromatic N) is 3. The highest BCUT2D eigenvalue weighted by Gasteiger charge is 2.20. The van der Waals surface area contributed by atoms with E-state index in [9.17, 15) is 9.90 Å². The molecule has 0 fully saturated rings. The van der Waals surface area contributed by atoms with E-state index in [1.54, 1.807) is 23.7 Å². The Morgan fingerprint density at radius 3 is 3.06 bits per heavy atom. The van der Waals surface area contributed by atoms with Crippen molar-refractivity contribution in [3.63, 3.8) is 0 Å². The maximum absolute atomic E-state index is 11.2. The SMILES string of the molecule is Cc1nc2scc(-c3cn[nH]c3)n2c1C(=O)O. The molecule has 6 nitrogen and oxygen atoms in total. The molecule has 3 rings (SSSR count). The number of fused-ring (bicyclic) bond motifs is 1. The van der Waals surface area contributed by atoms with Gasteiger partial charge in [-0.3, -0.25) is 9.50 Å². The van der Waals surface area contributed by atoms with Crippen LogP contribution in [-0.4, -0.2) is 30.7 Å². The number of aromatic amines is 1. The van der Waals surface area contributed by atoms with Gasteiger partial charge in [-0.05, 0) is 6.92 Å². The van der Waals surface area contributed by atoms with E-state index in [1.807, 2.05) is 5.38 Å². The smallest absolute Gasteiger partial charge is 0.354 e. The standard InChI is InChI=1S/C10H8N4O2S/c1-5-8(9(15)16)14-7(4-17-10(14)13-5)6-2-11-12-3-6/h2-4H,1H3,(H,11,12)(H,15,16). The van der Waals surface area contributed by atoms with Crippen LogP contribution in [0.3, 0.4) is 0 Å². The van der Waals surface area contributed by atoms with Crippen LogP contribution in [0, 0.1) is 6.92 Å². The van der Waals surface area contributed by atoms with E-state index in [0.717, 1.165) is 11.3 Å². The summed E-state index contributed by atoms with van der Waals surface area (Å²) < 4.78 is 1.65. The zero-order valence-electron chi connectivity index (χ0n) is 8.84. The van der Waals surface area contributed by atoms with Gasteiger partial charge in [0.25, 0.3) is 0 Å². The van der Waals surface area contributed by atoms with Gasteiger partial charge in [0.1, 0.15) is 0 Å². The van der Waals surface area contributed by atoms with Crippen LogP contribution in [0.1, 0.15) is 16.2 Å². The number of hydrogen-bond donors (Lipinski definition) is 2. The number of imidazole rings is 1. The first kappa shape index (κ1) is 10.0. The zero-order chi connectivity index (χ0) is 12.0. The van der Waals surface area contributed by atoms with Crippen LogP contribution in [-0.2, 0) is 0 Å². The summed E-state index contributed by atoms with van der Waals surface area (Å²) in [5.41, 5.74) is 2.36. The molecule has 0 aliphatic carbocycles. The molecule has 0 amide bonds. The maximum Gasteiger partial charge on any atom is 0.354 e. The monoisotopic (exact) mass is 248 g/mol. The van der Waals surface area contributed by atoms with Crippen LogP contribution in [0.2, 0.25) is 0 Å². The normalized spacial score (nSPS) is 11.1. The van der Waals surface area contributed by atoms with Crippen LogP contribution in [0.15, 0.2) is 17.8 Å². The van der Waals surface area contributed by atoms with Crippen LogP contribution in [0.5, 0.6) is 0 Å². The molecular weight excluding hydrogens is 240 g/mol. The number of hydrogen-bond acceptors (Lipinski definition) is 4. The van der Waals surface area contributed by atoms with Gasteiger partial charge in [-0.15, -0.1) is 11.3 Å². The molecule has 0 aliphatic heterocycles. The quantitative estimate of drug-likeness (QED) is 0.724. The summed E-state index contributed by atoms with van der Waals surface area (Å²) in [7, 11) is 0. The molecule has 0 radical (unpaired) electrons. The summed E-state index contributed by atoms with van der Waals surface area (Å²) in [4.78, 5) is 16.1. The Balaban J connectivity index is 2.37. The second-order valence-electron chi connectivity index (χ2n) is 3.58. The molecule has 3 aromatic heterocycles. The highest BCUT2D eigenvalue weighted by Crippen LogP contribution is 2.28. The zero-order valence-corrected chi connectivity index (χ0v) is 9.65. The molecule has 86 valence electrons. The average Bonchev–Trinajstić information content (AvgIpc) is 2.90. The van der Waals surface area contributed by atoms with E-state index >= 15 is 0 Å². The summed E-state index contributed by atoms with van der Waals surface area (Å²) in [5.74, 6) is -0.974. The number of aryl methyl sites for hydroxylation is 1. The van der Waals surface area contributed by atoms with Gasteiger partial charge in [-0.25, -0.2) is 9.78 Å². The first-order valence-corrected chi connectivity index (χ1v) is 5.75. The molecule has 2 N–H and O–H groups in total. The lowest BCUT2D eigenvalue weighted by Gasteiger charge is -1.98. The molecule has 0 bridgehead atoms. The second kappa shape index (κ2) is 3.42. The molecule has 3 heterocycles. The number of carboxylic acids is 1. The highest BCUT2D eigenvalue weighted by molar-refractivity contribution is 7.15. The van der Waals surface area contributed by atoms with E-state index in [0.29, 0.717) is 10.7 Å². The van der Waals surface area contributed by atoms with E-state index in [2.05, 4.69) is 15.2 Å².